The van der Waals surface area contributed by atoms with E-state index in [-0.39, 0.29) is 0 Å². The Morgan fingerprint density at radius 3 is 1.96 bits per heavy atom. The Bertz CT molecular complexity index is 617. The summed E-state index contributed by atoms with van der Waals surface area (Å²) in [5.74, 6) is -5.24. The van der Waals surface area contributed by atoms with Crippen LogP contribution in [0.5, 0.6) is 0 Å². The number of carbonyl (C=O) groups excluding carboxylic acids is 4. The average molecular weight is 406 g/mol. The molecule has 0 heterocycles. The molecule has 0 aliphatic rings. The first-order chi connectivity index (χ1) is 12.7. The van der Waals surface area contributed by atoms with Crippen LogP contribution in [0.15, 0.2) is 0 Å². The number of rotatable bonds is 9. The van der Waals surface area contributed by atoms with Crippen molar-refractivity contribution in [3.8, 4) is 0 Å². The molecular formula is C15H26N4O9. The van der Waals surface area contributed by atoms with Gasteiger partial charge < -0.3 is 41.7 Å². The number of primary amides is 1. The van der Waals surface area contributed by atoms with Crippen LogP contribution in [0.1, 0.15) is 27.7 Å². The second-order valence-electron chi connectivity index (χ2n) is 6.78. The van der Waals surface area contributed by atoms with Gasteiger partial charge in [0.25, 0.3) is 0 Å². The SMILES string of the molecule is C[C@@H](NC(=O)OC(C)(C)C)C(=O)N[C@H](C(=O)N[C@@H](CO)C(=O)O)[C@H](O)C(N)=O. The molecule has 0 aromatic heterocycles. The summed E-state index contributed by atoms with van der Waals surface area (Å²) in [7, 11) is 0. The minimum Gasteiger partial charge on any atom is -0.480 e. The molecule has 0 aromatic carbocycles. The molecule has 13 heteroatoms. The molecule has 0 saturated heterocycles. The smallest absolute Gasteiger partial charge is 0.408 e. The Morgan fingerprint density at radius 1 is 1.04 bits per heavy atom. The number of carbonyl (C=O) groups is 5. The summed E-state index contributed by atoms with van der Waals surface area (Å²) in [6.45, 7) is 5.05. The third-order valence-electron chi connectivity index (χ3n) is 3.11. The summed E-state index contributed by atoms with van der Waals surface area (Å²) in [4.78, 5) is 58.1. The van der Waals surface area contributed by atoms with Crippen LogP contribution >= 0.6 is 0 Å². The van der Waals surface area contributed by atoms with Crippen molar-refractivity contribution in [2.24, 2.45) is 5.73 Å². The zero-order chi connectivity index (χ0) is 22.2. The molecule has 8 N–H and O–H groups in total. The highest BCUT2D eigenvalue weighted by Gasteiger charge is 2.35. The van der Waals surface area contributed by atoms with E-state index in [2.05, 4.69) is 5.32 Å². The summed E-state index contributed by atoms with van der Waals surface area (Å²) in [6.07, 6.45) is -3.14. The van der Waals surface area contributed by atoms with Crippen molar-refractivity contribution < 1.29 is 44.0 Å². The number of carboxylic acids is 1. The number of hydrogen-bond donors (Lipinski definition) is 7. The molecule has 28 heavy (non-hydrogen) atoms. The van der Waals surface area contributed by atoms with Gasteiger partial charge in [0.05, 0.1) is 6.61 Å². The number of nitrogens with one attached hydrogen (secondary N) is 3. The number of alkyl carbamates (subject to hydrolysis) is 1. The largest absolute Gasteiger partial charge is 0.480 e. The molecule has 4 atom stereocenters. The fourth-order valence-corrected chi connectivity index (χ4v) is 1.73. The Balaban J connectivity index is 5.21. The molecule has 0 unspecified atom stereocenters. The van der Waals surface area contributed by atoms with E-state index in [1.54, 1.807) is 20.8 Å². The van der Waals surface area contributed by atoms with Crippen LogP contribution in [0, 0.1) is 0 Å². The first-order valence-electron chi connectivity index (χ1n) is 8.11. The van der Waals surface area contributed by atoms with Gasteiger partial charge >= 0.3 is 12.1 Å². The van der Waals surface area contributed by atoms with Crippen molar-refractivity contribution in [1.29, 1.82) is 0 Å². The van der Waals surface area contributed by atoms with Crippen LogP contribution < -0.4 is 21.7 Å². The number of amides is 4. The number of nitrogens with two attached hydrogens (primary N) is 1. The van der Waals surface area contributed by atoms with Crippen molar-refractivity contribution in [3.05, 3.63) is 0 Å². The van der Waals surface area contributed by atoms with Gasteiger partial charge in [0.15, 0.2) is 6.10 Å². The first-order valence-corrected chi connectivity index (χ1v) is 8.11. The second kappa shape index (κ2) is 10.4. The van der Waals surface area contributed by atoms with E-state index >= 15 is 0 Å². The van der Waals surface area contributed by atoms with Crippen LogP contribution in [0.3, 0.4) is 0 Å². The summed E-state index contributed by atoms with van der Waals surface area (Å²) >= 11 is 0. The van der Waals surface area contributed by atoms with Crippen LogP contribution in [0.25, 0.3) is 0 Å². The van der Waals surface area contributed by atoms with Gasteiger partial charge in [0.1, 0.15) is 23.7 Å². The fraction of sp³-hybridized carbons (Fsp3) is 0.667. The van der Waals surface area contributed by atoms with Gasteiger partial charge in [0.2, 0.25) is 17.7 Å². The van der Waals surface area contributed by atoms with Gasteiger partial charge in [-0.25, -0.2) is 9.59 Å². The maximum atomic E-state index is 12.2. The Morgan fingerprint density at radius 2 is 1.57 bits per heavy atom. The Labute approximate surface area is 160 Å². The van der Waals surface area contributed by atoms with Crippen LogP contribution in [0.4, 0.5) is 4.79 Å². The van der Waals surface area contributed by atoms with E-state index in [4.69, 9.17) is 20.7 Å². The van der Waals surface area contributed by atoms with Gasteiger partial charge in [-0.15, -0.1) is 0 Å². The zero-order valence-electron chi connectivity index (χ0n) is 15.9. The normalized spacial score (nSPS) is 15.4. The van der Waals surface area contributed by atoms with Crippen LogP contribution in [-0.2, 0) is 23.9 Å². The van der Waals surface area contributed by atoms with Crippen molar-refractivity contribution in [1.82, 2.24) is 16.0 Å². The standard InChI is InChI=1S/C15H26N4O9/c1-6(17-14(27)28-15(2,3)4)11(23)19-8(9(21)10(16)22)12(24)18-7(5-20)13(25)26/h6-9,20-21H,5H2,1-4H3,(H2,16,22)(H,17,27)(H,18,24)(H,19,23)(H,25,26)/t6-,7+,8+,9+/m1/s1. The molecule has 0 fully saturated rings. The second-order valence-corrected chi connectivity index (χ2v) is 6.78. The number of aliphatic hydroxyl groups is 2. The lowest BCUT2D eigenvalue weighted by molar-refractivity contribution is -0.145. The molecular weight excluding hydrogens is 380 g/mol. The summed E-state index contributed by atoms with van der Waals surface area (Å²) in [5.41, 5.74) is 4.09. The quantitative estimate of drug-likeness (QED) is 0.205. The van der Waals surface area contributed by atoms with Crippen LogP contribution in [0.2, 0.25) is 0 Å². The number of hydrogen-bond acceptors (Lipinski definition) is 8. The van der Waals surface area contributed by atoms with E-state index in [0.29, 0.717) is 0 Å². The number of aliphatic carboxylic acids is 1. The minimum atomic E-state index is -2.20. The van der Waals surface area contributed by atoms with E-state index in [0.717, 1.165) is 0 Å². The highest BCUT2D eigenvalue weighted by molar-refractivity contribution is 5.96. The molecule has 0 spiro atoms. The molecule has 4 amide bonds. The predicted molar refractivity (Wildman–Crippen MR) is 92.6 cm³/mol. The highest BCUT2D eigenvalue weighted by Crippen LogP contribution is 2.07. The van der Waals surface area contributed by atoms with Crippen LogP contribution in [-0.4, -0.2) is 81.5 Å². The average Bonchev–Trinajstić information content (AvgIpc) is 2.53. The molecule has 13 nitrogen and oxygen atoms in total. The first kappa shape index (κ1) is 25.1. The van der Waals surface area contributed by atoms with Gasteiger partial charge in [-0.2, -0.15) is 0 Å². The van der Waals surface area contributed by atoms with Crippen molar-refractivity contribution in [3.63, 3.8) is 0 Å². The lowest BCUT2D eigenvalue weighted by Crippen LogP contribution is -2.61. The van der Waals surface area contributed by atoms with Gasteiger partial charge in [-0.05, 0) is 27.7 Å². The molecule has 0 aliphatic carbocycles. The summed E-state index contributed by atoms with van der Waals surface area (Å²) in [6, 6.07) is -4.97. The molecule has 0 aliphatic heterocycles. The van der Waals surface area contributed by atoms with Gasteiger partial charge in [-0.1, -0.05) is 0 Å². The van der Waals surface area contributed by atoms with Gasteiger partial charge in [0, 0.05) is 0 Å². The molecule has 0 bridgehead atoms. The van der Waals surface area contributed by atoms with E-state index < -0.39 is 66.2 Å². The van der Waals surface area contributed by atoms with Crippen molar-refractivity contribution in [2.75, 3.05) is 6.61 Å². The molecule has 0 radical (unpaired) electrons. The van der Waals surface area contributed by atoms with E-state index in [1.807, 2.05) is 10.6 Å². The molecule has 0 rings (SSSR count). The van der Waals surface area contributed by atoms with Crippen molar-refractivity contribution in [2.45, 2.75) is 57.5 Å². The molecule has 0 saturated carbocycles. The maximum absolute atomic E-state index is 12.2. The molecule has 0 aromatic rings. The maximum Gasteiger partial charge on any atom is 0.408 e. The van der Waals surface area contributed by atoms with E-state index in [1.165, 1.54) is 6.92 Å². The van der Waals surface area contributed by atoms with Crippen molar-refractivity contribution >= 4 is 29.8 Å². The predicted octanol–water partition coefficient (Wildman–Crippen LogP) is -3.21. The topological polar surface area (TPSA) is 217 Å². The third-order valence-corrected chi connectivity index (χ3v) is 3.11. The minimum absolute atomic E-state index is 0.832. The highest BCUT2D eigenvalue weighted by atomic mass is 16.6. The number of carboxylic acid groups (broad SMARTS) is 1. The fourth-order valence-electron chi connectivity index (χ4n) is 1.73. The monoisotopic (exact) mass is 406 g/mol. The van der Waals surface area contributed by atoms with Gasteiger partial charge in [-0.3, -0.25) is 14.4 Å². The Hall–Kier alpha value is -2.93. The molecule has 160 valence electrons. The lowest BCUT2D eigenvalue weighted by Gasteiger charge is -2.25. The van der Waals surface area contributed by atoms with E-state index in [9.17, 15) is 29.1 Å². The zero-order valence-corrected chi connectivity index (χ0v) is 15.9. The number of aliphatic hydroxyl groups excluding tert-OH is 2. The summed E-state index contributed by atoms with van der Waals surface area (Å²) in [5, 5.41) is 33.6. The third kappa shape index (κ3) is 8.64. The number of ether oxygens (including phenoxy) is 1. The summed E-state index contributed by atoms with van der Waals surface area (Å²) < 4.78 is 4.96. The Kier molecular flexibility index (Phi) is 9.33. The lowest BCUT2D eigenvalue weighted by atomic mass is 10.1.